The minimum absolute atomic E-state index is 0.139. The number of aryl methyl sites for hydroxylation is 1. The molecule has 0 spiro atoms. The number of rotatable bonds is 5. The van der Waals surface area contributed by atoms with E-state index in [-0.39, 0.29) is 18.2 Å². The Morgan fingerprint density at radius 2 is 2.32 bits per heavy atom. The summed E-state index contributed by atoms with van der Waals surface area (Å²) in [5.41, 5.74) is 1.94. The SMILES string of the molecule is Cc1cnn(-c2ccc(NCC(O)CCl)cc2F)c1. The lowest BCUT2D eigenvalue weighted by atomic mass is 10.2. The van der Waals surface area contributed by atoms with Crippen molar-refractivity contribution < 1.29 is 9.50 Å². The monoisotopic (exact) mass is 283 g/mol. The third-order valence-corrected chi connectivity index (χ3v) is 2.98. The summed E-state index contributed by atoms with van der Waals surface area (Å²) in [6.45, 7) is 2.17. The molecule has 2 rings (SSSR count). The van der Waals surface area contributed by atoms with Crippen LogP contribution in [-0.2, 0) is 0 Å². The van der Waals surface area contributed by atoms with E-state index >= 15 is 0 Å². The minimum Gasteiger partial charge on any atom is -0.390 e. The van der Waals surface area contributed by atoms with Crippen LogP contribution in [0.15, 0.2) is 30.6 Å². The first-order valence-corrected chi connectivity index (χ1v) is 6.42. The predicted molar refractivity (Wildman–Crippen MR) is 73.5 cm³/mol. The van der Waals surface area contributed by atoms with E-state index in [4.69, 9.17) is 11.6 Å². The van der Waals surface area contributed by atoms with Gasteiger partial charge in [-0.15, -0.1) is 11.6 Å². The molecule has 1 heterocycles. The summed E-state index contributed by atoms with van der Waals surface area (Å²) < 4.78 is 15.5. The number of halogens is 2. The quantitative estimate of drug-likeness (QED) is 0.828. The van der Waals surface area contributed by atoms with E-state index in [1.807, 2.05) is 6.92 Å². The van der Waals surface area contributed by atoms with Crippen LogP contribution in [0.3, 0.4) is 0 Å². The minimum atomic E-state index is -0.654. The smallest absolute Gasteiger partial charge is 0.150 e. The molecule has 1 aromatic heterocycles. The van der Waals surface area contributed by atoms with E-state index in [1.54, 1.807) is 24.5 Å². The molecular formula is C13H15ClFN3O. The van der Waals surface area contributed by atoms with Crippen molar-refractivity contribution in [2.45, 2.75) is 13.0 Å². The van der Waals surface area contributed by atoms with Crippen LogP contribution in [0.2, 0.25) is 0 Å². The van der Waals surface area contributed by atoms with Crippen LogP contribution in [-0.4, -0.2) is 33.4 Å². The van der Waals surface area contributed by atoms with Crippen molar-refractivity contribution in [2.24, 2.45) is 0 Å². The van der Waals surface area contributed by atoms with Crippen LogP contribution in [0, 0.1) is 12.7 Å². The second-order valence-electron chi connectivity index (χ2n) is 4.32. The highest BCUT2D eigenvalue weighted by molar-refractivity contribution is 6.18. The summed E-state index contributed by atoms with van der Waals surface area (Å²) >= 11 is 5.48. The molecule has 0 fully saturated rings. The molecule has 0 radical (unpaired) electrons. The van der Waals surface area contributed by atoms with Crippen molar-refractivity contribution >= 4 is 17.3 Å². The molecule has 1 aromatic carbocycles. The fourth-order valence-corrected chi connectivity index (χ4v) is 1.75. The van der Waals surface area contributed by atoms with E-state index in [1.165, 1.54) is 10.7 Å². The fourth-order valence-electron chi connectivity index (χ4n) is 1.64. The van der Waals surface area contributed by atoms with Crippen LogP contribution in [0.4, 0.5) is 10.1 Å². The topological polar surface area (TPSA) is 50.1 Å². The molecule has 0 amide bonds. The lowest BCUT2D eigenvalue weighted by Crippen LogP contribution is -2.20. The molecule has 2 aromatic rings. The molecule has 0 bridgehead atoms. The van der Waals surface area contributed by atoms with Gasteiger partial charge in [0.25, 0.3) is 0 Å². The molecule has 0 saturated heterocycles. The van der Waals surface area contributed by atoms with E-state index in [0.717, 1.165) is 5.56 Å². The van der Waals surface area contributed by atoms with E-state index in [2.05, 4.69) is 10.4 Å². The number of alkyl halides is 1. The van der Waals surface area contributed by atoms with Gasteiger partial charge in [-0.2, -0.15) is 5.10 Å². The number of aliphatic hydroxyl groups excluding tert-OH is 1. The van der Waals surface area contributed by atoms with Crippen molar-refractivity contribution in [3.8, 4) is 5.69 Å². The van der Waals surface area contributed by atoms with Crippen LogP contribution in [0.1, 0.15) is 5.56 Å². The Morgan fingerprint density at radius 1 is 1.53 bits per heavy atom. The van der Waals surface area contributed by atoms with Gasteiger partial charge in [0.05, 0.1) is 18.2 Å². The third-order valence-electron chi connectivity index (χ3n) is 2.63. The predicted octanol–water partition coefficient (Wildman–Crippen LogP) is 2.33. The van der Waals surface area contributed by atoms with Crippen molar-refractivity contribution in [1.29, 1.82) is 0 Å². The van der Waals surface area contributed by atoms with Crippen LogP contribution >= 0.6 is 11.6 Å². The summed E-state index contributed by atoms with van der Waals surface area (Å²) in [4.78, 5) is 0. The molecule has 1 atom stereocenters. The Morgan fingerprint density at radius 3 is 2.89 bits per heavy atom. The second-order valence-corrected chi connectivity index (χ2v) is 4.63. The van der Waals surface area contributed by atoms with E-state index in [0.29, 0.717) is 11.4 Å². The maximum atomic E-state index is 14.0. The number of hydrogen-bond acceptors (Lipinski definition) is 3. The number of hydrogen-bond donors (Lipinski definition) is 2. The third kappa shape index (κ3) is 3.45. The molecule has 19 heavy (non-hydrogen) atoms. The fraction of sp³-hybridized carbons (Fsp3) is 0.308. The lowest BCUT2D eigenvalue weighted by Gasteiger charge is -2.11. The zero-order valence-corrected chi connectivity index (χ0v) is 11.2. The van der Waals surface area contributed by atoms with Gasteiger partial charge in [-0.3, -0.25) is 0 Å². The number of aromatic nitrogens is 2. The van der Waals surface area contributed by atoms with Gasteiger partial charge in [-0.25, -0.2) is 9.07 Å². The maximum absolute atomic E-state index is 14.0. The largest absolute Gasteiger partial charge is 0.390 e. The van der Waals surface area contributed by atoms with Gasteiger partial charge in [-0.05, 0) is 30.7 Å². The first-order chi connectivity index (χ1) is 9.10. The number of anilines is 1. The summed E-state index contributed by atoms with van der Waals surface area (Å²) in [5.74, 6) is -0.242. The number of aliphatic hydroxyl groups is 1. The lowest BCUT2D eigenvalue weighted by molar-refractivity contribution is 0.211. The highest BCUT2D eigenvalue weighted by atomic mass is 35.5. The summed E-state index contributed by atoms with van der Waals surface area (Å²) in [6, 6.07) is 4.74. The summed E-state index contributed by atoms with van der Waals surface area (Å²) in [6.07, 6.45) is 2.77. The van der Waals surface area contributed by atoms with Crippen molar-refractivity contribution in [1.82, 2.24) is 9.78 Å². The molecule has 6 heteroatoms. The second kappa shape index (κ2) is 6.04. The van der Waals surface area contributed by atoms with Gasteiger partial charge in [0.15, 0.2) is 5.82 Å². The van der Waals surface area contributed by atoms with Gasteiger partial charge in [0.1, 0.15) is 5.69 Å². The standard InChI is InChI=1S/C13H15ClFN3O/c1-9-6-17-18(8-9)13-3-2-10(4-12(13)15)16-7-11(19)5-14/h2-4,6,8,11,16,19H,5,7H2,1H3. The van der Waals surface area contributed by atoms with Crippen molar-refractivity contribution in [2.75, 3.05) is 17.7 Å². The van der Waals surface area contributed by atoms with E-state index < -0.39 is 6.10 Å². The molecular weight excluding hydrogens is 269 g/mol. The molecule has 2 N–H and O–H groups in total. The molecule has 0 aliphatic carbocycles. The first kappa shape index (κ1) is 13.8. The van der Waals surface area contributed by atoms with Gasteiger partial charge in [-0.1, -0.05) is 0 Å². The number of nitrogens with zero attached hydrogens (tertiary/aromatic N) is 2. The zero-order valence-electron chi connectivity index (χ0n) is 10.5. The van der Waals surface area contributed by atoms with E-state index in [9.17, 15) is 9.50 Å². The van der Waals surface area contributed by atoms with Crippen LogP contribution < -0.4 is 5.32 Å². The van der Waals surface area contributed by atoms with Gasteiger partial charge in [0.2, 0.25) is 0 Å². The highest BCUT2D eigenvalue weighted by Crippen LogP contribution is 2.18. The molecule has 0 aliphatic rings. The van der Waals surface area contributed by atoms with Crippen molar-refractivity contribution in [3.63, 3.8) is 0 Å². The van der Waals surface area contributed by atoms with Gasteiger partial charge >= 0.3 is 0 Å². The van der Waals surface area contributed by atoms with Crippen LogP contribution in [0.25, 0.3) is 5.69 Å². The molecule has 4 nitrogen and oxygen atoms in total. The summed E-state index contributed by atoms with van der Waals surface area (Å²) in [5, 5.41) is 16.3. The van der Waals surface area contributed by atoms with Gasteiger partial charge in [0, 0.05) is 18.4 Å². The molecule has 102 valence electrons. The Bertz CT molecular complexity index is 559. The van der Waals surface area contributed by atoms with Gasteiger partial charge < -0.3 is 10.4 Å². The highest BCUT2D eigenvalue weighted by Gasteiger charge is 2.08. The first-order valence-electron chi connectivity index (χ1n) is 5.89. The Labute approximate surface area is 115 Å². The molecule has 0 aliphatic heterocycles. The zero-order chi connectivity index (χ0) is 13.8. The number of benzene rings is 1. The molecule has 0 saturated carbocycles. The Hall–Kier alpha value is -1.59. The Balaban J connectivity index is 2.13. The Kier molecular flexibility index (Phi) is 4.39. The van der Waals surface area contributed by atoms with Crippen molar-refractivity contribution in [3.05, 3.63) is 42.0 Å². The maximum Gasteiger partial charge on any atom is 0.150 e. The summed E-state index contributed by atoms with van der Waals surface area (Å²) in [7, 11) is 0. The van der Waals surface area contributed by atoms with Crippen LogP contribution in [0.5, 0.6) is 0 Å². The number of nitrogens with one attached hydrogen (secondary N) is 1. The normalized spacial score (nSPS) is 12.4. The molecule has 1 unspecified atom stereocenters. The average Bonchev–Trinajstić information content (AvgIpc) is 2.82. The average molecular weight is 284 g/mol.